The van der Waals surface area contributed by atoms with E-state index in [2.05, 4.69) is 17.1 Å². The lowest BCUT2D eigenvalue weighted by Crippen LogP contribution is -2.47. The predicted molar refractivity (Wildman–Crippen MR) is 64.5 cm³/mol. The van der Waals surface area contributed by atoms with Crippen LogP contribution in [0.5, 0.6) is 0 Å². The Balaban J connectivity index is 1.97. The summed E-state index contributed by atoms with van der Waals surface area (Å²) in [7, 11) is 1.94. The molecule has 2 amide bonds. The highest BCUT2D eigenvalue weighted by Crippen LogP contribution is 2.22. The summed E-state index contributed by atoms with van der Waals surface area (Å²) in [5.74, 6) is 0. The number of hydrogen-bond acceptors (Lipinski definition) is 2. The first-order valence-corrected chi connectivity index (χ1v) is 6.48. The molecule has 4 heteroatoms. The second-order valence-electron chi connectivity index (χ2n) is 4.99. The Labute approximate surface area is 98.0 Å². The molecule has 0 aromatic rings. The van der Waals surface area contributed by atoms with Crippen LogP contribution in [0, 0.1) is 0 Å². The summed E-state index contributed by atoms with van der Waals surface area (Å²) in [4.78, 5) is 16.1. The monoisotopic (exact) mass is 225 g/mol. The van der Waals surface area contributed by atoms with Crippen LogP contribution < -0.4 is 5.32 Å². The standard InChI is InChI=1S/C12H23N3O/c1-3-5-11-9-15(12(16)14(11)2)10-6-4-7-13-8-10/h10-11,13H,3-9H2,1-2H3. The van der Waals surface area contributed by atoms with Crippen LogP contribution >= 0.6 is 0 Å². The van der Waals surface area contributed by atoms with Gasteiger partial charge in [0.25, 0.3) is 0 Å². The Bertz CT molecular complexity index is 251. The number of amides is 2. The molecule has 2 rings (SSSR count). The predicted octanol–water partition coefficient (Wildman–Crippen LogP) is 1.27. The molecule has 0 aromatic carbocycles. The van der Waals surface area contributed by atoms with Crippen LogP contribution in [-0.4, -0.2) is 54.6 Å². The summed E-state index contributed by atoms with van der Waals surface area (Å²) in [6, 6.07) is 1.08. The van der Waals surface area contributed by atoms with Crippen molar-refractivity contribution in [3.63, 3.8) is 0 Å². The molecule has 0 radical (unpaired) electrons. The Morgan fingerprint density at radius 3 is 2.94 bits per heavy atom. The van der Waals surface area contributed by atoms with Crippen LogP contribution in [0.2, 0.25) is 0 Å². The second-order valence-corrected chi connectivity index (χ2v) is 4.99. The zero-order chi connectivity index (χ0) is 11.5. The van der Waals surface area contributed by atoms with E-state index in [1.165, 1.54) is 6.42 Å². The van der Waals surface area contributed by atoms with Crippen LogP contribution in [0.3, 0.4) is 0 Å². The van der Waals surface area contributed by atoms with E-state index in [4.69, 9.17) is 0 Å². The number of carbonyl (C=O) groups is 1. The minimum Gasteiger partial charge on any atom is -0.323 e. The average molecular weight is 225 g/mol. The normalized spacial score (nSPS) is 31.2. The van der Waals surface area contributed by atoms with Gasteiger partial charge in [-0.3, -0.25) is 0 Å². The first kappa shape index (κ1) is 11.7. The van der Waals surface area contributed by atoms with Crippen LogP contribution in [0.4, 0.5) is 4.79 Å². The van der Waals surface area contributed by atoms with Gasteiger partial charge in [0.05, 0.1) is 6.04 Å². The third-order valence-electron chi connectivity index (χ3n) is 3.84. The molecule has 1 N–H and O–H groups in total. The Morgan fingerprint density at radius 2 is 2.31 bits per heavy atom. The maximum absolute atomic E-state index is 12.1. The Hall–Kier alpha value is -0.770. The van der Waals surface area contributed by atoms with E-state index in [1.54, 1.807) is 0 Å². The van der Waals surface area contributed by atoms with Crippen molar-refractivity contribution in [1.82, 2.24) is 15.1 Å². The molecule has 0 bridgehead atoms. The third-order valence-corrected chi connectivity index (χ3v) is 3.84. The lowest BCUT2D eigenvalue weighted by molar-refractivity contribution is 0.171. The summed E-state index contributed by atoms with van der Waals surface area (Å²) in [6.07, 6.45) is 4.62. The van der Waals surface area contributed by atoms with Gasteiger partial charge in [0.2, 0.25) is 0 Å². The van der Waals surface area contributed by atoms with Crippen molar-refractivity contribution in [1.29, 1.82) is 0 Å². The van der Waals surface area contributed by atoms with Crippen LogP contribution in [0.1, 0.15) is 32.6 Å². The van der Waals surface area contributed by atoms with Gasteiger partial charge >= 0.3 is 6.03 Å². The van der Waals surface area contributed by atoms with E-state index in [-0.39, 0.29) is 6.03 Å². The fraction of sp³-hybridized carbons (Fsp3) is 0.917. The molecule has 4 nitrogen and oxygen atoms in total. The molecule has 16 heavy (non-hydrogen) atoms. The maximum Gasteiger partial charge on any atom is 0.320 e. The van der Waals surface area contributed by atoms with E-state index in [0.717, 1.165) is 38.9 Å². The summed E-state index contributed by atoms with van der Waals surface area (Å²) in [5.41, 5.74) is 0. The average Bonchev–Trinajstić information content (AvgIpc) is 2.59. The zero-order valence-corrected chi connectivity index (χ0v) is 10.4. The zero-order valence-electron chi connectivity index (χ0n) is 10.4. The van der Waals surface area contributed by atoms with Crippen LogP contribution in [-0.2, 0) is 0 Å². The molecule has 2 heterocycles. The lowest BCUT2D eigenvalue weighted by Gasteiger charge is -2.31. The van der Waals surface area contributed by atoms with Crippen molar-refractivity contribution < 1.29 is 4.79 Å². The second kappa shape index (κ2) is 5.04. The number of likely N-dealkylation sites (N-methyl/N-ethyl adjacent to an activating group) is 1. The van der Waals surface area contributed by atoms with Crippen molar-refractivity contribution in [2.45, 2.75) is 44.7 Å². The van der Waals surface area contributed by atoms with Gasteiger partial charge in [-0.05, 0) is 25.8 Å². The molecule has 0 aromatic heterocycles. The summed E-state index contributed by atoms with van der Waals surface area (Å²) in [5, 5.41) is 3.38. The van der Waals surface area contributed by atoms with Crippen LogP contribution in [0.25, 0.3) is 0 Å². The molecule has 2 saturated heterocycles. The topological polar surface area (TPSA) is 35.6 Å². The third kappa shape index (κ3) is 2.17. The van der Waals surface area contributed by atoms with Gasteiger partial charge in [-0.1, -0.05) is 13.3 Å². The summed E-state index contributed by atoms with van der Waals surface area (Å²) in [6.45, 7) is 5.18. The van der Waals surface area contributed by atoms with Gasteiger partial charge in [-0.2, -0.15) is 0 Å². The molecule has 0 saturated carbocycles. The fourth-order valence-electron chi connectivity index (χ4n) is 2.81. The molecular weight excluding hydrogens is 202 g/mol. The first-order valence-electron chi connectivity index (χ1n) is 6.48. The number of piperidine rings is 1. The van der Waals surface area contributed by atoms with E-state index in [9.17, 15) is 4.79 Å². The molecule has 0 aliphatic carbocycles. The van der Waals surface area contributed by atoms with E-state index < -0.39 is 0 Å². The quantitative estimate of drug-likeness (QED) is 0.785. The van der Waals surface area contributed by atoms with Crippen molar-refractivity contribution in [3.8, 4) is 0 Å². The molecule has 2 atom stereocenters. The number of rotatable bonds is 3. The number of nitrogens with zero attached hydrogens (tertiary/aromatic N) is 2. The van der Waals surface area contributed by atoms with E-state index in [0.29, 0.717) is 12.1 Å². The number of urea groups is 1. The largest absolute Gasteiger partial charge is 0.323 e. The Morgan fingerprint density at radius 1 is 1.50 bits per heavy atom. The van der Waals surface area contributed by atoms with Gasteiger partial charge in [0.15, 0.2) is 0 Å². The van der Waals surface area contributed by atoms with Gasteiger partial charge < -0.3 is 15.1 Å². The molecule has 2 aliphatic rings. The molecule has 0 spiro atoms. The molecular formula is C12H23N3O. The highest BCUT2D eigenvalue weighted by atomic mass is 16.2. The lowest BCUT2D eigenvalue weighted by atomic mass is 10.1. The molecule has 2 fully saturated rings. The van der Waals surface area contributed by atoms with Gasteiger partial charge in [0.1, 0.15) is 0 Å². The SMILES string of the molecule is CCCC1CN(C2CCCNC2)C(=O)N1C. The van der Waals surface area contributed by atoms with E-state index in [1.807, 2.05) is 11.9 Å². The number of carbonyl (C=O) groups excluding carboxylic acids is 1. The van der Waals surface area contributed by atoms with Crippen LogP contribution in [0.15, 0.2) is 0 Å². The Kier molecular flexibility index (Phi) is 3.69. The maximum atomic E-state index is 12.1. The molecule has 2 aliphatic heterocycles. The minimum absolute atomic E-state index is 0.229. The van der Waals surface area contributed by atoms with Gasteiger partial charge in [-0.25, -0.2) is 4.79 Å². The highest BCUT2D eigenvalue weighted by molar-refractivity contribution is 5.77. The first-order chi connectivity index (χ1) is 7.74. The number of hydrogen-bond donors (Lipinski definition) is 1. The highest BCUT2D eigenvalue weighted by Gasteiger charge is 2.37. The van der Waals surface area contributed by atoms with Crippen molar-refractivity contribution in [2.24, 2.45) is 0 Å². The molecule has 92 valence electrons. The molecule has 2 unspecified atom stereocenters. The summed E-state index contributed by atoms with van der Waals surface area (Å²) >= 11 is 0. The number of nitrogens with one attached hydrogen (secondary N) is 1. The minimum atomic E-state index is 0.229. The van der Waals surface area contributed by atoms with Crippen molar-refractivity contribution >= 4 is 6.03 Å². The van der Waals surface area contributed by atoms with Gasteiger partial charge in [0, 0.05) is 26.2 Å². The van der Waals surface area contributed by atoms with Crippen molar-refractivity contribution in [3.05, 3.63) is 0 Å². The van der Waals surface area contributed by atoms with Gasteiger partial charge in [-0.15, -0.1) is 0 Å². The van der Waals surface area contributed by atoms with Crippen molar-refractivity contribution in [2.75, 3.05) is 26.7 Å². The fourth-order valence-corrected chi connectivity index (χ4v) is 2.81. The smallest absolute Gasteiger partial charge is 0.320 e. The summed E-state index contributed by atoms with van der Waals surface area (Å²) < 4.78 is 0. The van der Waals surface area contributed by atoms with E-state index >= 15 is 0 Å².